The lowest BCUT2D eigenvalue weighted by Gasteiger charge is -2.20. The summed E-state index contributed by atoms with van der Waals surface area (Å²) >= 11 is 0. The molecule has 1 aromatic heterocycles. The SMILES string of the molecule is CC.CC.CCNc1ncc(OC(F)F)cn1.CN1CCCCC1. The Kier molecular flexibility index (Phi) is 18.4. The fourth-order valence-electron chi connectivity index (χ4n) is 1.78. The Morgan fingerprint density at radius 2 is 1.58 bits per heavy atom. The number of hydrogen-bond donors (Lipinski definition) is 1. The van der Waals surface area contributed by atoms with Gasteiger partial charge in [-0.05, 0) is 39.9 Å². The predicted octanol–water partition coefficient (Wildman–Crippen LogP) is 4.66. The molecule has 7 heteroatoms. The van der Waals surface area contributed by atoms with Crippen LogP contribution in [0, 0.1) is 0 Å². The molecule has 1 aliphatic rings. The van der Waals surface area contributed by atoms with Crippen molar-refractivity contribution in [1.82, 2.24) is 14.9 Å². The Labute approximate surface area is 145 Å². The number of ether oxygens (including phenoxy) is 1. The summed E-state index contributed by atoms with van der Waals surface area (Å²) in [6, 6.07) is 0. The molecule has 24 heavy (non-hydrogen) atoms. The first-order valence-electron chi connectivity index (χ1n) is 8.81. The number of rotatable bonds is 4. The molecule has 1 fully saturated rings. The molecule has 0 unspecified atom stereocenters. The number of alkyl halides is 2. The van der Waals surface area contributed by atoms with Crippen molar-refractivity contribution in [3.05, 3.63) is 12.4 Å². The number of nitrogens with one attached hydrogen (secondary N) is 1. The lowest BCUT2D eigenvalue weighted by atomic mass is 10.1. The standard InChI is InChI=1S/C7H9F2N3O.C6H13N.2C2H6/c1-2-10-7-11-3-5(4-12-7)13-6(8)9;1-7-5-3-2-4-6-7;2*1-2/h3-4,6H,2H2,1H3,(H,10,11,12);2-6H2,1H3;2*1-2H3. The van der Waals surface area contributed by atoms with E-state index in [0.717, 1.165) is 0 Å². The van der Waals surface area contributed by atoms with Crippen LogP contribution in [0.2, 0.25) is 0 Å². The van der Waals surface area contributed by atoms with E-state index in [9.17, 15) is 8.78 Å². The van der Waals surface area contributed by atoms with Crippen molar-refractivity contribution in [3.8, 4) is 5.75 Å². The fraction of sp³-hybridized carbons (Fsp3) is 0.765. The zero-order valence-corrected chi connectivity index (χ0v) is 16.0. The van der Waals surface area contributed by atoms with Gasteiger partial charge >= 0.3 is 6.61 Å². The highest BCUT2D eigenvalue weighted by molar-refractivity contribution is 5.26. The van der Waals surface area contributed by atoms with Crippen molar-refractivity contribution >= 4 is 5.95 Å². The Bertz CT molecular complexity index is 358. The summed E-state index contributed by atoms with van der Waals surface area (Å²) in [5.41, 5.74) is 0. The van der Waals surface area contributed by atoms with Crippen molar-refractivity contribution in [2.75, 3.05) is 32.0 Å². The summed E-state index contributed by atoms with van der Waals surface area (Å²) in [5, 5.41) is 2.82. The molecule has 0 aliphatic carbocycles. The lowest BCUT2D eigenvalue weighted by Crippen LogP contribution is -2.24. The smallest absolute Gasteiger partial charge is 0.387 e. The maximum absolute atomic E-state index is 11.7. The molecule has 1 N–H and O–H groups in total. The van der Waals surface area contributed by atoms with Crippen molar-refractivity contribution in [2.24, 2.45) is 0 Å². The maximum atomic E-state index is 11.7. The number of hydrogen-bond acceptors (Lipinski definition) is 5. The third kappa shape index (κ3) is 14.1. The normalized spacial score (nSPS) is 13.4. The first kappa shape index (κ1) is 24.7. The molecule has 1 saturated heterocycles. The van der Waals surface area contributed by atoms with Crippen LogP contribution in [0.15, 0.2) is 12.4 Å². The Morgan fingerprint density at radius 1 is 1.08 bits per heavy atom. The molecule has 0 bridgehead atoms. The van der Waals surface area contributed by atoms with E-state index in [1.54, 1.807) is 0 Å². The van der Waals surface area contributed by atoms with Gasteiger partial charge in [0.15, 0.2) is 5.75 Å². The number of anilines is 1. The molecule has 1 aromatic rings. The molecule has 2 heterocycles. The van der Waals surface area contributed by atoms with Crippen LogP contribution in [0.25, 0.3) is 0 Å². The largest absolute Gasteiger partial charge is 0.432 e. The van der Waals surface area contributed by atoms with E-state index in [1.165, 1.54) is 44.7 Å². The van der Waals surface area contributed by atoms with Gasteiger partial charge in [0.2, 0.25) is 5.95 Å². The van der Waals surface area contributed by atoms with Crippen LogP contribution in [0.5, 0.6) is 5.75 Å². The van der Waals surface area contributed by atoms with Crippen LogP contribution >= 0.6 is 0 Å². The minimum absolute atomic E-state index is 0.0448. The van der Waals surface area contributed by atoms with Crippen LogP contribution in [0.4, 0.5) is 14.7 Å². The van der Waals surface area contributed by atoms with Gasteiger partial charge in [-0.15, -0.1) is 0 Å². The number of aromatic nitrogens is 2. The summed E-state index contributed by atoms with van der Waals surface area (Å²) < 4.78 is 27.4. The highest BCUT2D eigenvalue weighted by Gasteiger charge is 2.04. The lowest BCUT2D eigenvalue weighted by molar-refractivity contribution is -0.0503. The monoisotopic (exact) mass is 348 g/mol. The second-order valence-corrected chi connectivity index (χ2v) is 4.52. The van der Waals surface area contributed by atoms with Crippen molar-refractivity contribution < 1.29 is 13.5 Å². The molecule has 0 saturated carbocycles. The van der Waals surface area contributed by atoms with E-state index in [2.05, 4.69) is 32.0 Å². The molecule has 0 aromatic carbocycles. The zero-order chi connectivity index (χ0) is 18.8. The average Bonchev–Trinajstić information content (AvgIpc) is 2.61. The molecular formula is C17H34F2N4O. The molecule has 1 aliphatic heterocycles. The summed E-state index contributed by atoms with van der Waals surface area (Å²) in [4.78, 5) is 9.87. The van der Waals surface area contributed by atoms with Crippen LogP contribution in [0.3, 0.4) is 0 Å². The molecule has 142 valence electrons. The Morgan fingerprint density at radius 3 is 1.92 bits per heavy atom. The highest BCUT2D eigenvalue weighted by atomic mass is 19.3. The van der Waals surface area contributed by atoms with Crippen molar-refractivity contribution in [3.63, 3.8) is 0 Å². The van der Waals surface area contributed by atoms with Crippen LogP contribution in [-0.2, 0) is 0 Å². The third-order valence-corrected chi connectivity index (χ3v) is 2.77. The topological polar surface area (TPSA) is 50.3 Å². The van der Waals surface area contributed by atoms with Gasteiger partial charge in [-0.1, -0.05) is 34.1 Å². The van der Waals surface area contributed by atoms with Crippen molar-refractivity contribution in [1.29, 1.82) is 0 Å². The van der Waals surface area contributed by atoms with Gasteiger partial charge in [-0.25, -0.2) is 9.97 Å². The number of likely N-dealkylation sites (tertiary alicyclic amines) is 1. The molecule has 0 spiro atoms. The van der Waals surface area contributed by atoms with E-state index in [1.807, 2.05) is 34.6 Å². The minimum Gasteiger partial charge on any atom is -0.432 e. The molecule has 0 radical (unpaired) electrons. The van der Waals surface area contributed by atoms with Gasteiger partial charge in [0.25, 0.3) is 0 Å². The maximum Gasteiger partial charge on any atom is 0.387 e. The summed E-state index contributed by atoms with van der Waals surface area (Å²) in [6.07, 6.45) is 6.66. The third-order valence-electron chi connectivity index (χ3n) is 2.77. The summed E-state index contributed by atoms with van der Waals surface area (Å²) in [6.45, 7) is 10.4. The van der Waals surface area contributed by atoms with Gasteiger partial charge in [-0.2, -0.15) is 8.78 Å². The molecule has 2 rings (SSSR count). The molecule has 0 atom stereocenters. The first-order valence-corrected chi connectivity index (χ1v) is 8.81. The average molecular weight is 348 g/mol. The Balaban J connectivity index is 0. The van der Waals surface area contributed by atoms with E-state index in [-0.39, 0.29) is 5.75 Å². The number of piperidine rings is 1. The minimum atomic E-state index is -2.84. The summed E-state index contributed by atoms with van der Waals surface area (Å²) in [5.74, 6) is 0.348. The van der Waals surface area contributed by atoms with Gasteiger partial charge in [0, 0.05) is 6.54 Å². The second-order valence-electron chi connectivity index (χ2n) is 4.52. The quantitative estimate of drug-likeness (QED) is 0.857. The second kappa shape index (κ2) is 17.8. The fourth-order valence-corrected chi connectivity index (χ4v) is 1.78. The van der Waals surface area contributed by atoms with Crippen LogP contribution < -0.4 is 10.1 Å². The van der Waals surface area contributed by atoms with Crippen LogP contribution in [-0.4, -0.2) is 48.2 Å². The molecule has 0 amide bonds. The van der Waals surface area contributed by atoms with Crippen LogP contribution in [0.1, 0.15) is 53.9 Å². The summed E-state index contributed by atoms with van der Waals surface area (Å²) in [7, 11) is 2.19. The van der Waals surface area contributed by atoms with E-state index < -0.39 is 6.61 Å². The zero-order valence-electron chi connectivity index (χ0n) is 16.0. The van der Waals surface area contributed by atoms with E-state index >= 15 is 0 Å². The van der Waals surface area contributed by atoms with E-state index in [4.69, 9.17) is 0 Å². The van der Waals surface area contributed by atoms with Gasteiger partial charge in [0.1, 0.15) is 0 Å². The molecular weight excluding hydrogens is 314 g/mol. The van der Waals surface area contributed by atoms with Crippen molar-refractivity contribution in [2.45, 2.75) is 60.5 Å². The van der Waals surface area contributed by atoms with Gasteiger partial charge < -0.3 is 15.0 Å². The van der Waals surface area contributed by atoms with Gasteiger partial charge in [-0.3, -0.25) is 0 Å². The first-order chi connectivity index (χ1) is 11.6. The number of halogens is 2. The molecule has 5 nitrogen and oxygen atoms in total. The van der Waals surface area contributed by atoms with E-state index in [0.29, 0.717) is 12.5 Å². The highest BCUT2D eigenvalue weighted by Crippen LogP contribution is 2.11. The van der Waals surface area contributed by atoms with Gasteiger partial charge in [0.05, 0.1) is 12.4 Å². The predicted molar refractivity (Wildman–Crippen MR) is 96.9 cm³/mol. The Hall–Kier alpha value is -1.50. The number of nitrogens with zero attached hydrogens (tertiary/aromatic N) is 3.